The third kappa shape index (κ3) is 2.69. The molecule has 2 fully saturated rings. The highest BCUT2D eigenvalue weighted by molar-refractivity contribution is 5.79. The topological polar surface area (TPSA) is 69.6 Å². The van der Waals surface area contributed by atoms with Gasteiger partial charge in [-0.05, 0) is 31.6 Å². The lowest BCUT2D eigenvalue weighted by Crippen LogP contribution is -2.48. The zero-order chi connectivity index (χ0) is 14.3. The van der Waals surface area contributed by atoms with Gasteiger partial charge in [-0.2, -0.15) is 0 Å². The number of rotatable bonds is 2. The Kier molecular flexibility index (Phi) is 3.49. The molecule has 1 aliphatic heterocycles. The largest absolute Gasteiger partial charge is 0.481 e. The molecule has 5 heteroatoms. The second-order valence-electron chi connectivity index (χ2n) is 6.92. The second-order valence-corrected chi connectivity index (χ2v) is 6.92. The number of nitrogens with one attached hydrogen (secondary N) is 1. The molecular weight excluding hydrogens is 244 g/mol. The predicted molar refractivity (Wildman–Crippen MR) is 71.9 cm³/mol. The number of amides is 2. The number of hydrogen-bond acceptors (Lipinski definition) is 2. The zero-order valence-corrected chi connectivity index (χ0v) is 12.0. The summed E-state index contributed by atoms with van der Waals surface area (Å²) in [6.45, 7) is 6.90. The molecule has 1 saturated carbocycles. The molecule has 108 valence electrons. The van der Waals surface area contributed by atoms with Crippen LogP contribution in [0.2, 0.25) is 0 Å². The van der Waals surface area contributed by atoms with E-state index in [4.69, 9.17) is 0 Å². The van der Waals surface area contributed by atoms with Crippen LogP contribution in [0, 0.1) is 10.8 Å². The predicted octanol–water partition coefficient (Wildman–Crippen LogP) is 2.07. The number of carboxylic acids is 1. The van der Waals surface area contributed by atoms with Gasteiger partial charge in [-0.3, -0.25) is 4.79 Å². The Hall–Kier alpha value is -1.26. The smallest absolute Gasteiger partial charge is 0.317 e. The van der Waals surface area contributed by atoms with E-state index in [1.165, 1.54) is 0 Å². The molecule has 0 spiro atoms. The lowest BCUT2D eigenvalue weighted by atomic mass is 9.87. The maximum Gasteiger partial charge on any atom is 0.317 e. The molecule has 1 heterocycles. The molecule has 0 radical (unpaired) electrons. The summed E-state index contributed by atoms with van der Waals surface area (Å²) in [4.78, 5) is 25.0. The molecule has 1 aliphatic carbocycles. The van der Waals surface area contributed by atoms with Crippen LogP contribution in [-0.2, 0) is 4.79 Å². The van der Waals surface area contributed by atoms with Gasteiger partial charge >= 0.3 is 12.0 Å². The van der Waals surface area contributed by atoms with Crippen molar-refractivity contribution in [2.75, 3.05) is 13.1 Å². The summed E-state index contributed by atoms with van der Waals surface area (Å²) in [7, 11) is 0. The Bertz CT molecular complexity index is 394. The summed E-state index contributed by atoms with van der Waals surface area (Å²) >= 11 is 0. The van der Waals surface area contributed by atoms with E-state index in [0.717, 1.165) is 19.3 Å². The minimum Gasteiger partial charge on any atom is -0.481 e. The monoisotopic (exact) mass is 268 g/mol. The summed E-state index contributed by atoms with van der Waals surface area (Å²) in [5.41, 5.74) is -0.645. The minimum atomic E-state index is -0.816. The average molecular weight is 268 g/mol. The van der Waals surface area contributed by atoms with E-state index in [9.17, 15) is 14.7 Å². The van der Waals surface area contributed by atoms with Crippen molar-refractivity contribution in [3.05, 3.63) is 0 Å². The van der Waals surface area contributed by atoms with Crippen LogP contribution >= 0.6 is 0 Å². The molecule has 2 N–H and O–H groups in total. The van der Waals surface area contributed by atoms with Crippen molar-refractivity contribution in [3.63, 3.8) is 0 Å². The lowest BCUT2D eigenvalue weighted by molar-refractivity contribution is -0.147. The molecule has 0 aromatic carbocycles. The van der Waals surface area contributed by atoms with Gasteiger partial charge in [0.05, 0.1) is 5.41 Å². The van der Waals surface area contributed by atoms with E-state index < -0.39 is 11.4 Å². The number of nitrogens with zero attached hydrogens (tertiary/aromatic N) is 1. The van der Waals surface area contributed by atoms with E-state index in [1.54, 1.807) is 11.8 Å². The Balaban J connectivity index is 1.94. The first-order chi connectivity index (χ1) is 8.74. The number of carboxylic acid groups (broad SMARTS) is 1. The van der Waals surface area contributed by atoms with E-state index >= 15 is 0 Å². The third-order valence-electron chi connectivity index (χ3n) is 4.83. The molecular formula is C14H24N2O3. The molecule has 19 heavy (non-hydrogen) atoms. The van der Waals surface area contributed by atoms with Crippen LogP contribution in [0.3, 0.4) is 0 Å². The van der Waals surface area contributed by atoms with Crippen LogP contribution in [0.5, 0.6) is 0 Å². The quantitative estimate of drug-likeness (QED) is 0.805. The van der Waals surface area contributed by atoms with Crippen molar-refractivity contribution in [1.29, 1.82) is 0 Å². The van der Waals surface area contributed by atoms with Gasteiger partial charge < -0.3 is 15.3 Å². The van der Waals surface area contributed by atoms with Gasteiger partial charge in [-0.25, -0.2) is 4.79 Å². The Morgan fingerprint density at radius 1 is 1.26 bits per heavy atom. The maximum absolute atomic E-state index is 12.2. The fourth-order valence-electron chi connectivity index (χ4n) is 3.14. The summed E-state index contributed by atoms with van der Waals surface area (Å²) in [5.74, 6) is -0.816. The summed E-state index contributed by atoms with van der Waals surface area (Å²) in [6, 6.07) is 0.0987. The van der Waals surface area contributed by atoms with Crippen LogP contribution in [0.25, 0.3) is 0 Å². The van der Waals surface area contributed by atoms with Crippen LogP contribution in [0.1, 0.15) is 46.5 Å². The van der Waals surface area contributed by atoms with Crippen LogP contribution in [-0.4, -0.2) is 41.1 Å². The van der Waals surface area contributed by atoms with Gasteiger partial charge in [-0.1, -0.05) is 20.3 Å². The first-order valence-corrected chi connectivity index (χ1v) is 7.03. The van der Waals surface area contributed by atoms with Crippen molar-refractivity contribution in [2.45, 2.75) is 52.5 Å². The molecule has 0 aromatic rings. The molecule has 2 aliphatic rings. The number of likely N-dealkylation sites (tertiary alicyclic amines) is 1. The van der Waals surface area contributed by atoms with Crippen molar-refractivity contribution >= 4 is 12.0 Å². The molecule has 2 rings (SSSR count). The molecule has 1 saturated heterocycles. The number of carbonyl (C=O) groups is 2. The van der Waals surface area contributed by atoms with Gasteiger partial charge in [0, 0.05) is 19.1 Å². The SMILES string of the molecule is CC1(C(=O)O)CCN(C(=O)NC2CCCC2(C)C)C1. The number of aliphatic carboxylic acids is 1. The van der Waals surface area contributed by atoms with Gasteiger partial charge in [0.1, 0.15) is 0 Å². The highest BCUT2D eigenvalue weighted by Gasteiger charge is 2.43. The number of hydrogen-bond donors (Lipinski definition) is 2. The molecule has 2 atom stereocenters. The van der Waals surface area contributed by atoms with Crippen LogP contribution < -0.4 is 5.32 Å². The van der Waals surface area contributed by atoms with E-state index in [-0.39, 0.29) is 17.5 Å². The first-order valence-electron chi connectivity index (χ1n) is 7.03. The molecule has 2 unspecified atom stereocenters. The normalized spacial score (nSPS) is 33.4. The molecule has 2 amide bonds. The maximum atomic E-state index is 12.2. The van der Waals surface area contributed by atoms with Crippen molar-refractivity contribution in [2.24, 2.45) is 10.8 Å². The van der Waals surface area contributed by atoms with Crippen LogP contribution in [0.4, 0.5) is 4.79 Å². The van der Waals surface area contributed by atoms with E-state index in [1.807, 2.05) is 0 Å². The molecule has 0 bridgehead atoms. The lowest BCUT2D eigenvalue weighted by Gasteiger charge is -2.30. The standard InChI is InChI=1S/C14H24N2O3/c1-13(2)6-4-5-10(13)15-12(19)16-8-7-14(3,9-16)11(17)18/h10H,4-9H2,1-3H3,(H,15,19)(H,17,18). The number of urea groups is 1. The Labute approximate surface area is 114 Å². The fourth-order valence-corrected chi connectivity index (χ4v) is 3.14. The van der Waals surface area contributed by atoms with Crippen LogP contribution in [0.15, 0.2) is 0 Å². The van der Waals surface area contributed by atoms with Crippen molar-refractivity contribution in [3.8, 4) is 0 Å². The number of carbonyl (C=O) groups excluding carboxylic acids is 1. The zero-order valence-electron chi connectivity index (χ0n) is 12.0. The third-order valence-corrected chi connectivity index (χ3v) is 4.83. The van der Waals surface area contributed by atoms with Gasteiger partial charge in [0.2, 0.25) is 0 Å². The van der Waals surface area contributed by atoms with Crippen molar-refractivity contribution < 1.29 is 14.7 Å². The minimum absolute atomic E-state index is 0.107. The summed E-state index contributed by atoms with van der Waals surface area (Å²) in [6.07, 6.45) is 3.82. The average Bonchev–Trinajstić information content (AvgIpc) is 2.84. The van der Waals surface area contributed by atoms with E-state index in [0.29, 0.717) is 19.5 Å². The van der Waals surface area contributed by atoms with E-state index in [2.05, 4.69) is 19.2 Å². The van der Waals surface area contributed by atoms with Gasteiger partial charge in [0.15, 0.2) is 0 Å². The fraction of sp³-hybridized carbons (Fsp3) is 0.857. The summed E-state index contributed by atoms with van der Waals surface area (Å²) < 4.78 is 0. The Morgan fingerprint density at radius 3 is 2.42 bits per heavy atom. The van der Waals surface area contributed by atoms with Gasteiger partial charge in [0.25, 0.3) is 0 Å². The summed E-state index contributed by atoms with van der Waals surface area (Å²) in [5, 5.41) is 12.3. The highest BCUT2D eigenvalue weighted by Crippen LogP contribution is 2.37. The highest BCUT2D eigenvalue weighted by atomic mass is 16.4. The van der Waals surface area contributed by atoms with Crippen molar-refractivity contribution in [1.82, 2.24) is 10.2 Å². The first kappa shape index (κ1) is 14.2. The second kappa shape index (κ2) is 4.69. The van der Waals surface area contributed by atoms with Gasteiger partial charge in [-0.15, -0.1) is 0 Å². The molecule has 0 aromatic heterocycles. The Morgan fingerprint density at radius 2 is 1.95 bits per heavy atom. The molecule has 5 nitrogen and oxygen atoms in total.